The van der Waals surface area contributed by atoms with E-state index in [2.05, 4.69) is 126 Å². The SMILES string of the molecule is C[C@H](C=C(Br)Br)CCO[Si](c1ccccc1)(c1ccccc1)C(C)(C)C. The first kappa shape index (κ1) is 21.6. The Hall–Kier alpha value is -0.683. The van der Waals surface area contributed by atoms with Crippen LogP contribution in [0.1, 0.15) is 34.1 Å². The van der Waals surface area contributed by atoms with E-state index in [9.17, 15) is 0 Å². The molecule has 0 aliphatic carbocycles. The predicted molar refractivity (Wildman–Crippen MR) is 123 cm³/mol. The molecule has 140 valence electrons. The van der Waals surface area contributed by atoms with E-state index in [1.807, 2.05) is 0 Å². The fourth-order valence-electron chi connectivity index (χ4n) is 3.46. The quantitative estimate of drug-likeness (QED) is 0.414. The molecule has 0 amide bonds. The Morgan fingerprint density at radius 3 is 1.81 bits per heavy atom. The van der Waals surface area contributed by atoms with E-state index in [1.165, 1.54) is 10.4 Å². The molecule has 0 saturated carbocycles. The van der Waals surface area contributed by atoms with E-state index in [0.29, 0.717) is 5.92 Å². The van der Waals surface area contributed by atoms with Crippen molar-refractivity contribution in [1.29, 1.82) is 0 Å². The number of hydrogen-bond acceptors (Lipinski definition) is 1. The third kappa shape index (κ3) is 5.19. The van der Waals surface area contributed by atoms with Crippen LogP contribution in [0.2, 0.25) is 5.04 Å². The molecule has 2 rings (SSSR count). The third-order valence-corrected chi connectivity index (χ3v) is 10.3. The lowest BCUT2D eigenvalue weighted by molar-refractivity contribution is 0.278. The minimum Gasteiger partial charge on any atom is -0.407 e. The van der Waals surface area contributed by atoms with Gasteiger partial charge in [0.25, 0.3) is 8.32 Å². The van der Waals surface area contributed by atoms with Crippen molar-refractivity contribution in [3.63, 3.8) is 0 Å². The smallest absolute Gasteiger partial charge is 0.261 e. The van der Waals surface area contributed by atoms with Crippen LogP contribution in [-0.4, -0.2) is 14.9 Å². The summed E-state index contributed by atoms with van der Waals surface area (Å²) in [5, 5.41) is 2.71. The highest BCUT2D eigenvalue weighted by Crippen LogP contribution is 2.37. The molecule has 0 fully saturated rings. The largest absolute Gasteiger partial charge is 0.407 e. The molecule has 0 bridgehead atoms. The molecule has 0 radical (unpaired) electrons. The first-order valence-corrected chi connectivity index (χ1v) is 12.5. The van der Waals surface area contributed by atoms with Crippen molar-refractivity contribution in [2.24, 2.45) is 5.92 Å². The minimum atomic E-state index is -2.40. The van der Waals surface area contributed by atoms with Gasteiger partial charge in [-0.25, -0.2) is 0 Å². The summed E-state index contributed by atoms with van der Waals surface area (Å²) < 4.78 is 7.90. The summed E-state index contributed by atoms with van der Waals surface area (Å²) in [5.41, 5.74) is 0. The predicted octanol–water partition coefficient (Wildman–Crippen LogP) is 6.22. The zero-order valence-electron chi connectivity index (χ0n) is 16.0. The fraction of sp³-hybridized carbons (Fsp3) is 0.364. The first-order chi connectivity index (χ1) is 12.3. The molecule has 1 nitrogen and oxygen atoms in total. The van der Waals surface area contributed by atoms with Gasteiger partial charge in [0.15, 0.2) is 0 Å². The van der Waals surface area contributed by atoms with Crippen molar-refractivity contribution in [2.75, 3.05) is 6.61 Å². The highest BCUT2D eigenvalue weighted by Gasteiger charge is 2.49. The van der Waals surface area contributed by atoms with Gasteiger partial charge in [-0.1, -0.05) is 94.4 Å². The molecule has 1 atom stereocenters. The van der Waals surface area contributed by atoms with Gasteiger partial charge >= 0.3 is 0 Å². The van der Waals surface area contributed by atoms with E-state index < -0.39 is 8.32 Å². The van der Waals surface area contributed by atoms with Crippen LogP contribution in [0.15, 0.2) is 70.1 Å². The summed E-state index contributed by atoms with van der Waals surface area (Å²) in [6.45, 7) is 9.92. The second-order valence-electron chi connectivity index (χ2n) is 7.73. The van der Waals surface area contributed by atoms with Gasteiger partial charge in [-0.05, 0) is 59.6 Å². The first-order valence-electron chi connectivity index (χ1n) is 9.05. The number of rotatable bonds is 7. The van der Waals surface area contributed by atoms with E-state index in [1.54, 1.807) is 0 Å². The molecule has 0 aliphatic heterocycles. The molecule has 2 aromatic rings. The normalized spacial score (nSPS) is 13.3. The number of benzene rings is 2. The van der Waals surface area contributed by atoms with Gasteiger partial charge in [-0.2, -0.15) is 0 Å². The second-order valence-corrected chi connectivity index (χ2v) is 14.8. The molecular formula is C22H28Br2OSi. The Morgan fingerprint density at radius 1 is 0.962 bits per heavy atom. The molecule has 0 spiro atoms. The van der Waals surface area contributed by atoms with Crippen molar-refractivity contribution >= 4 is 50.6 Å². The van der Waals surface area contributed by atoms with E-state index in [0.717, 1.165) is 16.4 Å². The molecule has 4 heteroatoms. The van der Waals surface area contributed by atoms with Gasteiger partial charge in [-0.15, -0.1) is 0 Å². The minimum absolute atomic E-state index is 0.0325. The molecule has 0 heterocycles. The molecule has 0 N–H and O–H groups in total. The maximum Gasteiger partial charge on any atom is 0.261 e. The molecule has 0 unspecified atom stereocenters. The van der Waals surface area contributed by atoms with Crippen molar-refractivity contribution in [3.05, 3.63) is 70.1 Å². The summed E-state index contributed by atoms with van der Waals surface area (Å²) in [6.07, 6.45) is 3.17. The summed E-state index contributed by atoms with van der Waals surface area (Å²) in [7, 11) is -2.40. The highest BCUT2D eigenvalue weighted by atomic mass is 79.9. The van der Waals surface area contributed by atoms with Gasteiger partial charge in [0.1, 0.15) is 0 Å². The van der Waals surface area contributed by atoms with E-state index in [-0.39, 0.29) is 5.04 Å². The van der Waals surface area contributed by atoms with Crippen LogP contribution in [0.5, 0.6) is 0 Å². The molecule has 0 aromatic heterocycles. The lowest BCUT2D eigenvalue weighted by Gasteiger charge is -2.43. The Labute approximate surface area is 176 Å². The molecule has 0 aliphatic rings. The van der Waals surface area contributed by atoms with Crippen LogP contribution in [0.4, 0.5) is 0 Å². The number of halogens is 2. The van der Waals surface area contributed by atoms with Crippen molar-refractivity contribution < 1.29 is 4.43 Å². The summed E-state index contributed by atoms with van der Waals surface area (Å²) in [4.78, 5) is 0. The van der Waals surface area contributed by atoms with Crippen LogP contribution in [0.25, 0.3) is 0 Å². The Kier molecular flexibility index (Phi) is 7.89. The Balaban J connectivity index is 2.42. The zero-order chi connectivity index (χ0) is 19.2. The summed E-state index contributed by atoms with van der Waals surface area (Å²) in [5.74, 6) is 0.446. The average Bonchev–Trinajstić information content (AvgIpc) is 2.58. The maximum absolute atomic E-state index is 6.90. The van der Waals surface area contributed by atoms with Crippen LogP contribution in [-0.2, 0) is 4.43 Å². The maximum atomic E-state index is 6.90. The van der Waals surface area contributed by atoms with Crippen LogP contribution < -0.4 is 10.4 Å². The van der Waals surface area contributed by atoms with Gasteiger partial charge < -0.3 is 4.43 Å². The zero-order valence-corrected chi connectivity index (χ0v) is 20.2. The Morgan fingerprint density at radius 2 is 1.42 bits per heavy atom. The fourth-order valence-corrected chi connectivity index (χ4v) is 8.94. The summed E-state index contributed by atoms with van der Waals surface area (Å²) in [6, 6.07) is 21.6. The highest BCUT2D eigenvalue weighted by molar-refractivity contribution is 9.28. The standard InChI is InChI=1S/C22H28Br2OSi/c1-18(17-21(23)24)15-16-25-26(22(2,3)4,19-11-7-5-8-12-19)20-13-9-6-10-14-20/h5-14,17-18H,15-16H2,1-4H3/t18-/m0/s1. The van der Waals surface area contributed by atoms with Crippen LogP contribution in [0, 0.1) is 5.92 Å². The van der Waals surface area contributed by atoms with Gasteiger partial charge in [-0.3, -0.25) is 0 Å². The van der Waals surface area contributed by atoms with Crippen molar-refractivity contribution in [2.45, 2.75) is 39.2 Å². The van der Waals surface area contributed by atoms with E-state index >= 15 is 0 Å². The lowest BCUT2D eigenvalue weighted by Crippen LogP contribution is -2.66. The second kappa shape index (κ2) is 9.49. The Bertz CT molecular complexity index is 664. The van der Waals surface area contributed by atoms with Crippen molar-refractivity contribution in [1.82, 2.24) is 0 Å². The average molecular weight is 496 g/mol. The van der Waals surface area contributed by atoms with Crippen molar-refractivity contribution in [3.8, 4) is 0 Å². The summed E-state index contributed by atoms with van der Waals surface area (Å²) >= 11 is 6.91. The molecule has 2 aromatic carbocycles. The number of hydrogen-bond donors (Lipinski definition) is 0. The monoisotopic (exact) mass is 494 g/mol. The molecule has 26 heavy (non-hydrogen) atoms. The topological polar surface area (TPSA) is 9.23 Å². The molecule has 0 saturated heterocycles. The third-order valence-electron chi connectivity index (χ3n) is 4.72. The van der Waals surface area contributed by atoms with Gasteiger partial charge in [0.05, 0.1) is 3.39 Å². The number of allylic oxidation sites excluding steroid dienone is 1. The van der Waals surface area contributed by atoms with Crippen LogP contribution in [0.3, 0.4) is 0 Å². The lowest BCUT2D eigenvalue weighted by atomic mass is 10.1. The van der Waals surface area contributed by atoms with Gasteiger partial charge in [0.2, 0.25) is 0 Å². The van der Waals surface area contributed by atoms with Crippen LogP contribution >= 0.6 is 31.9 Å². The molecular weight excluding hydrogens is 468 g/mol. The van der Waals surface area contributed by atoms with Gasteiger partial charge in [0, 0.05) is 6.61 Å². The van der Waals surface area contributed by atoms with E-state index in [4.69, 9.17) is 4.43 Å².